The number of aliphatic hydroxyl groups excluding tert-OH is 2. The van der Waals surface area contributed by atoms with E-state index in [4.69, 9.17) is 4.74 Å². The van der Waals surface area contributed by atoms with Gasteiger partial charge in [0, 0.05) is 6.07 Å². The lowest BCUT2D eigenvalue weighted by atomic mass is 10.0. The van der Waals surface area contributed by atoms with Gasteiger partial charge in [0.25, 0.3) is 0 Å². The third kappa shape index (κ3) is 3.41. The predicted octanol–water partition coefficient (Wildman–Crippen LogP) is 0.792. The summed E-state index contributed by atoms with van der Waals surface area (Å²) in [6, 6.07) is 3.51. The van der Waals surface area contributed by atoms with E-state index in [9.17, 15) is 19.4 Å². The highest BCUT2D eigenvalue weighted by atomic mass is 19.1. The number of carbonyl (C=O) groups excluding carboxylic acids is 1. The minimum absolute atomic E-state index is 0.0383. The summed E-state index contributed by atoms with van der Waals surface area (Å²) >= 11 is 0. The van der Waals surface area contributed by atoms with Gasteiger partial charge in [-0.25, -0.2) is 9.18 Å². The lowest BCUT2D eigenvalue weighted by Gasteiger charge is -2.17. The van der Waals surface area contributed by atoms with Gasteiger partial charge in [0.05, 0.1) is 13.7 Å². The molecule has 0 saturated carbocycles. The van der Waals surface area contributed by atoms with E-state index in [1.165, 1.54) is 6.07 Å². The Morgan fingerprint density at radius 2 is 2.06 bits per heavy atom. The number of esters is 1. The van der Waals surface area contributed by atoms with Crippen molar-refractivity contribution in [1.29, 1.82) is 0 Å². The van der Waals surface area contributed by atoms with Gasteiger partial charge in [-0.05, 0) is 24.6 Å². The zero-order valence-electron chi connectivity index (χ0n) is 10.1. The van der Waals surface area contributed by atoms with Crippen molar-refractivity contribution in [3.63, 3.8) is 0 Å². The highest BCUT2D eigenvalue weighted by Crippen LogP contribution is 2.24. The summed E-state index contributed by atoms with van der Waals surface area (Å²) < 4.78 is 22.7. The zero-order chi connectivity index (χ0) is 13.7. The van der Waals surface area contributed by atoms with Crippen LogP contribution in [0.15, 0.2) is 18.2 Å². The van der Waals surface area contributed by atoms with Gasteiger partial charge >= 0.3 is 5.97 Å². The number of benzene rings is 1. The molecular weight excluding hydrogens is 243 g/mol. The number of carbonyl (C=O) groups is 1. The molecule has 0 fully saturated rings. The molecule has 2 unspecified atom stereocenters. The molecule has 2 atom stereocenters. The average Bonchev–Trinajstić information content (AvgIpc) is 2.35. The van der Waals surface area contributed by atoms with Crippen molar-refractivity contribution < 1.29 is 28.9 Å². The van der Waals surface area contributed by atoms with Crippen LogP contribution >= 0.6 is 0 Å². The molecule has 1 rings (SSSR count). The maximum Gasteiger partial charge on any atom is 0.337 e. The van der Waals surface area contributed by atoms with E-state index >= 15 is 0 Å². The van der Waals surface area contributed by atoms with Crippen molar-refractivity contribution in [2.45, 2.75) is 19.1 Å². The summed E-state index contributed by atoms with van der Waals surface area (Å²) in [5.41, 5.74) is 0.0383. The topological polar surface area (TPSA) is 76.0 Å². The second-order valence-corrected chi connectivity index (χ2v) is 3.57. The second-order valence-electron chi connectivity index (χ2n) is 3.57. The second kappa shape index (κ2) is 6.32. The van der Waals surface area contributed by atoms with Crippen LogP contribution in [0.4, 0.5) is 4.39 Å². The number of ether oxygens (including phenoxy) is 2. The molecule has 0 radical (unpaired) electrons. The van der Waals surface area contributed by atoms with Crippen LogP contribution in [0.5, 0.6) is 5.75 Å². The first kappa shape index (κ1) is 14.4. The van der Waals surface area contributed by atoms with Gasteiger partial charge in [0.2, 0.25) is 0 Å². The van der Waals surface area contributed by atoms with Crippen molar-refractivity contribution in [3.05, 3.63) is 29.6 Å². The van der Waals surface area contributed by atoms with Gasteiger partial charge in [0.15, 0.2) is 6.10 Å². The Kier molecular flexibility index (Phi) is 5.06. The minimum Gasteiger partial charge on any atom is -0.494 e. The minimum atomic E-state index is -1.77. The van der Waals surface area contributed by atoms with Gasteiger partial charge in [-0.1, -0.05) is 0 Å². The molecular formula is C12H15FO5. The van der Waals surface area contributed by atoms with Crippen molar-refractivity contribution >= 4 is 5.97 Å². The molecule has 5 nitrogen and oxygen atoms in total. The number of hydrogen-bond acceptors (Lipinski definition) is 5. The van der Waals surface area contributed by atoms with E-state index in [2.05, 4.69) is 4.74 Å². The predicted molar refractivity (Wildman–Crippen MR) is 60.6 cm³/mol. The van der Waals surface area contributed by atoms with E-state index in [0.717, 1.165) is 19.2 Å². The molecule has 0 bridgehead atoms. The first-order chi connectivity index (χ1) is 8.49. The largest absolute Gasteiger partial charge is 0.494 e. The fourth-order valence-corrected chi connectivity index (χ4v) is 1.44. The summed E-state index contributed by atoms with van der Waals surface area (Å²) in [5.74, 6) is -1.42. The Morgan fingerprint density at radius 3 is 2.61 bits per heavy atom. The van der Waals surface area contributed by atoms with Crippen LogP contribution < -0.4 is 4.74 Å². The molecule has 0 amide bonds. The SMILES string of the molecule is CCOc1cc(F)cc(C(O)C(O)C(=O)OC)c1. The van der Waals surface area contributed by atoms with Crippen LogP contribution in [0, 0.1) is 5.82 Å². The summed E-state index contributed by atoms with van der Waals surface area (Å²) in [6.07, 6.45) is -3.35. The average molecular weight is 258 g/mol. The summed E-state index contributed by atoms with van der Waals surface area (Å²) in [7, 11) is 1.08. The Hall–Kier alpha value is -1.66. The quantitative estimate of drug-likeness (QED) is 0.764. The number of methoxy groups -OCH3 is 1. The van der Waals surface area contributed by atoms with E-state index in [0.29, 0.717) is 6.61 Å². The van der Waals surface area contributed by atoms with Crippen LogP contribution in [0.25, 0.3) is 0 Å². The number of rotatable bonds is 5. The Bertz CT molecular complexity index is 421. The highest BCUT2D eigenvalue weighted by molar-refractivity contribution is 5.75. The molecule has 18 heavy (non-hydrogen) atoms. The molecule has 0 spiro atoms. The monoisotopic (exact) mass is 258 g/mol. The first-order valence-electron chi connectivity index (χ1n) is 5.36. The van der Waals surface area contributed by atoms with Crippen molar-refractivity contribution in [2.24, 2.45) is 0 Å². The molecule has 100 valence electrons. The van der Waals surface area contributed by atoms with E-state index in [-0.39, 0.29) is 11.3 Å². The van der Waals surface area contributed by atoms with Crippen LogP contribution in [0.3, 0.4) is 0 Å². The van der Waals surface area contributed by atoms with Gasteiger partial charge < -0.3 is 19.7 Å². The lowest BCUT2D eigenvalue weighted by molar-refractivity contribution is -0.156. The maximum atomic E-state index is 13.3. The van der Waals surface area contributed by atoms with Crippen LogP contribution in [0.2, 0.25) is 0 Å². The first-order valence-corrected chi connectivity index (χ1v) is 5.36. The third-order valence-electron chi connectivity index (χ3n) is 2.29. The Labute approximate surface area is 104 Å². The summed E-state index contributed by atoms with van der Waals surface area (Å²) in [5, 5.41) is 19.2. The molecule has 0 aromatic heterocycles. The van der Waals surface area contributed by atoms with Crippen molar-refractivity contribution in [1.82, 2.24) is 0 Å². The highest BCUT2D eigenvalue weighted by Gasteiger charge is 2.27. The molecule has 2 N–H and O–H groups in total. The molecule has 0 heterocycles. The van der Waals surface area contributed by atoms with Crippen LogP contribution in [0.1, 0.15) is 18.6 Å². The van der Waals surface area contributed by atoms with Crippen LogP contribution in [-0.4, -0.2) is 36.0 Å². The standard InChI is InChI=1S/C12H15FO5/c1-3-18-9-5-7(4-8(13)6-9)10(14)11(15)12(16)17-2/h4-6,10-11,14-15H,3H2,1-2H3. The van der Waals surface area contributed by atoms with E-state index in [1.54, 1.807) is 6.92 Å². The van der Waals surface area contributed by atoms with Gasteiger partial charge in [0.1, 0.15) is 17.7 Å². The molecule has 0 saturated heterocycles. The van der Waals surface area contributed by atoms with Crippen molar-refractivity contribution in [2.75, 3.05) is 13.7 Å². The van der Waals surface area contributed by atoms with Crippen molar-refractivity contribution in [3.8, 4) is 5.75 Å². The number of hydrogen-bond donors (Lipinski definition) is 2. The molecule has 1 aromatic rings. The lowest BCUT2D eigenvalue weighted by Crippen LogP contribution is -2.29. The van der Waals surface area contributed by atoms with Gasteiger partial charge in [-0.3, -0.25) is 0 Å². The smallest absolute Gasteiger partial charge is 0.337 e. The normalized spacial score (nSPS) is 13.8. The Balaban J connectivity index is 2.97. The third-order valence-corrected chi connectivity index (χ3v) is 2.29. The summed E-state index contributed by atoms with van der Waals surface area (Å²) in [4.78, 5) is 11.1. The maximum absolute atomic E-state index is 13.3. The fourth-order valence-electron chi connectivity index (χ4n) is 1.44. The van der Waals surface area contributed by atoms with E-state index < -0.39 is 24.0 Å². The number of aliphatic hydroxyl groups is 2. The molecule has 6 heteroatoms. The van der Waals surface area contributed by atoms with Gasteiger partial charge in [-0.15, -0.1) is 0 Å². The fraction of sp³-hybridized carbons (Fsp3) is 0.417. The van der Waals surface area contributed by atoms with E-state index in [1.807, 2.05) is 0 Å². The molecule has 1 aromatic carbocycles. The van der Waals surface area contributed by atoms with Gasteiger partial charge in [-0.2, -0.15) is 0 Å². The molecule has 0 aliphatic heterocycles. The summed E-state index contributed by atoms with van der Waals surface area (Å²) in [6.45, 7) is 2.06. The van der Waals surface area contributed by atoms with Crippen LogP contribution in [-0.2, 0) is 9.53 Å². The Morgan fingerprint density at radius 1 is 1.39 bits per heavy atom. The zero-order valence-corrected chi connectivity index (χ0v) is 10.1. The molecule has 0 aliphatic rings. The molecule has 0 aliphatic carbocycles. The number of halogens is 1.